The average molecular weight is 224 g/mol. The summed E-state index contributed by atoms with van der Waals surface area (Å²) in [7, 11) is 0. The Morgan fingerprint density at radius 3 is 2.73 bits per heavy atom. The molecule has 1 amide bonds. The van der Waals surface area contributed by atoms with Crippen LogP contribution in [0.5, 0.6) is 0 Å². The SMILES string of the molecule is CC(CN)NC(=O)CSc1ccccc1. The summed E-state index contributed by atoms with van der Waals surface area (Å²) < 4.78 is 0. The van der Waals surface area contributed by atoms with E-state index in [0.29, 0.717) is 12.3 Å². The van der Waals surface area contributed by atoms with Gasteiger partial charge in [-0.15, -0.1) is 11.8 Å². The molecule has 0 saturated heterocycles. The van der Waals surface area contributed by atoms with Gasteiger partial charge in [-0.1, -0.05) is 18.2 Å². The maximum Gasteiger partial charge on any atom is 0.230 e. The van der Waals surface area contributed by atoms with E-state index in [1.807, 2.05) is 37.3 Å². The predicted molar refractivity (Wildman–Crippen MR) is 63.8 cm³/mol. The second-order valence-electron chi connectivity index (χ2n) is 3.31. The molecule has 0 aliphatic rings. The molecule has 0 aliphatic heterocycles. The van der Waals surface area contributed by atoms with Gasteiger partial charge >= 0.3 is 0 Å². The molecule has 1 rings (SSSR count). The standard InChI is InChI=1S/C11H16N2OS/c1-9(7-12)13-11(14)8-15-10-5-3-2-4-6-10/h2-6,9H,7-8,12H2,1H3,(H,13,14). The molecule has 0 radical (unpaired) electrons. The molecule has 0 aromatic heterocycles. The highest BCUT2D eigenvalue weighted by Gasteiger charge is 2.05. The number of amides is 1. The minimum absolute atomic E-state index is 0.0294. The first-order valence-electron chi connectivity index (χ1n) is 4.89. The van der Waals surface area contributed by atoms with E-state index in [4.69, 9.17) is 5.73 Å². The summed E-state index contributed by atoms with van der Waals surface area (Å²) in [5.41, 5.74) is 5.41. The Bertz CT molecular complexity index is 303. The molecular formula is C11H16N2OS. The van der Waals surface area contributed by atoms with Gasteiger partial charge in [0, 0.05) is 17.5 Å². The summed E-state index contributed by atoms with van der Waals surface area (Å²) in [6.07, 6.45) is 0. The third-order valence-electron chi connectivity index (χ3n) is 1.87. The third kappa shape index (κ3) is 4.85. The first-order valence-corrected chi connectivity index (χ1v) is 5.88. The van der Waals surface area contributed by atoms with E-state index in [1.165, 1.54) is 11.8 Å². The Balaban J connectivity index is 2.29. The van der Waals surface area contributed by atoms with Crippen LogP contribution in [0, 0.1) is 0 Å². The summed E-state index contributed by atoms with van der Waals surface area (Å²) in [6.45, 7) is 2.37. The zero-order chi connectivity index (χ0) is 11.1. The van der Waals surface area contributed by atoms with Crippen LogP contribution in [0.25, 0.3) is 0 Å². The van der Waals surface area contributed by atoms with Gasteiger partial charge in [-0.05, 0) is 19.1 Å². The minimum Gasteiger partial charge on any atom is -0.352 e. The van der Waals surface area contributed by atoms with E-state index in [-0.39, 0.29) is 11.9 Å². The lowest BCUT2D eigenvalue weighted by molar-refractivity contribution is -0.119. The van der Waals surface area contributed by atoms with Crippen molar-refractivity contribution in [2.45, 2.75) is 17.9 Å². The number of carbonyl (C=O) groups is 1. The highest BCUT2D eigenvalue weighted by molar-refractivity contribution is 8.00. The van der Waals surface area contributed by atoms with Crippen LogP contribution in [-0.4, -0.2) is 24.2 Å². The number of thioether (sulfide) groups is 1. The van der Waals surface area contributed by atoms with E-state index in [0.717, 1.165) is 4.90 Å². The van der Waals surface area contributed by atoms with Gasteiger partial charge in [0.05, 0.1) is 5.75 Å². The van der Waals surface area contributed by atoms with Crippen LogP contribution in [0.1, 0.15) is 6.92 Å². The first-order chi connectivity index (χ1) is 7.22. The zero-order valence-electron chi connectivity index (χ0n) is 8.77. The molecule has 82 valence electrons. The van der Waals surface area contributed by atoms with E-state index in [2.05, 4.69) is 5.32 Å². The highest BCUT2D eigenvalue weighted by atomic mass is 32.2. The molecule has 0 spiro atoms. The highest BCUT2D eigenvalue weighted by Crippen LogP contribution is 2.16. The molecule has 1 unspecified atom stereocenters. The quantitative estimate of drug-likeness (QED) is 0.740. The Morgan fingerprint density at radius 2 is 2.13 bits per heavy atom. The minimum atomic E-state index is 0.0294. The lowest BCUT2D eigenvalue weighted by Crippen LogP contribution is -2.38. The van der Waals surface area contributed by atoms with Crippen molar-refractivity contribution >= 4 is 17.7 Å². The van der Waals surface area contributed by atoms with Gasteiger partial charge in [0.2, 0.25) is 5.91 Å². The Kier molecular flexibility index (Phi) is 5.21. The number of nitrogens with one attached hydrogen (secondary N) is 1. The van der Waals surface area contributed by atoms with Crippen molar-refractivity contribution in [1.82, 2.24) is 5.32 Å². The van der Waals surface area contributed by atoms with E-state index in [9.17, 15) is 4.79 Å². The summed E-state index contributed by atoms with van der Waals surface area (Å²) in [5.74, 6) is 0.468. The fourth-order valence-corrected chi connectivity index (χ4v) is 1.77. The molecule has 15 heavy (non-hydrogen) atoms. The predicted octanol–water partition coefficient (Wildman–Crippen LogP) is 1.24. The number of nitrogens with two attached hydrogens (primary N) is 1. The number of hydrogen-bond donors (Lipinski definition) is 2. The van der Waals surface area contributed by atoms with Gasteiger partial charge in [-0.3, -0.25) is 4.79 Å². The second-order valence-corrected chi connectivity index (χ2v) is 4.35. The molecule has 1 atom stereocenters. The maximum atomic E-state index is 11.4. The molecule has 0 heterocycles. The number of hydrogen-bond acceptors (Lipinski definition) is 3. The van der Waals surface area contributed by atoms with Gasteiger partial charge in [0.25, 0.3) is 0 Å². The van der Waals surface area contributed by atoms with Gasteiger partial charge in [-0.25, -0.2) is 0 Å². The molecular weight excluding hydrogens is 208 g/mol. The van der Waals surface area contributed by atoms with Crippen molar-refractivity contribution in [3.63, 3.8) is 0 Å². The first kappa shape index (κ1) is 12.1. The molecule has 4 heteroatoms. The van der Waals surface area contributed by atoms with Crippen LogP contribution in [0.3, 0.4) is 0 Å². The third-order valence-corrected chi connectivity index (χ3v) is 2.89. The Labute approximate surface area is 94.4 Å². The summed E-state index contributed by atoms with van der Waals surface area (Å²) in [5, 5.41) is 2.82. The van der Waals surface area contributed by atoms with E-state index in [1.54, 1.807) is 0 Å². The molecule has 1 aromatic carbocycles. The molecule has 0 bridgehead atoms. The number of rotatable bonds is 5. The van der Waals surface area contributed by atoms with Crippen LogP contribution in [-0.2, 0) is 4.79 Å². The molecule has 0 aliphatic carbocycles. The van der Waals surface area contributed by atoms with Crippen LogP contribution in [0.15, 0.2) is 35.2 Å². The Morgan fingerprint density at radius 1 is 1.47 bits per heavy atom. The fourth-order valence-electron chi connectivity index (χ4n) is 1.04. The van der Waals surface area contributed by atoms with E-state index < -0.39 is 0 Å². The molecule has 3 N–H and O–H groups in total. The van der Waals surface area contributed by atoms with Crippen molar-refractivity contribution in [2.75, 3.05) is 12.3 Å². The smallest absolute Gasteiger partial charge is 0.230 e. The number of benzene rings is 1. The monoisotopic (exact) mass is 224 g/mol. The van der Waals surface area contributed by atoms with Crippen molar-refractivity contribution in [2.24, 2.45) is 5.73 Å². The van der Waals surface area contributed by atoms with Gasteiger partial charge in [0.15, 0.2) is 0 Å². The van der Waals surface area contributed by atoms with Crippen molar-refractivity contribution in [3.05, 3.63) is 30.3 Å². The molecule has 0 saturated carbocycles. The second kappa shape index (κ2) is 6.48. The zero-order valence-corrected chi connectivity index (χ0v) is 9.59. The summed E-state index contributed by atoms with van der Waals surface area (Å²) in [6, 6.07) is 9.91. The van der Waals surface area contributed by atoms with Crippen LogP contribution >= 0.6 is 11.8 Å². The fraction of sp³-hybridized carbons (Fsp3) is 0.364. The Hall–Kier alpha value is -1.00. The van der Waals surface area contributed by atoms with Crippen LogP contribution in [0.2, 0.25) is 0 Å². The van der Waals surface area contributed by atoms with Crippen molar-refractivity contribution in [3.8, 4) is 0 Å². The van der Waals surface area contributed by atoms with Crippen molar-refractivity contribution in [1.29, 1.82) is 0 Å². The lowest BCUT2D eigenvalue weighted by atomic mass is 10.3. The normalized spacial score (nSPS) is 12.1. The van der Waals surface area contributed by atoms with Gasteiger partial charge in [-0.2, -0.15) is 0 Å². The topological polar surface area (TPSA) is 55.1 Å². The largest absolute Gasteiger partial charge is 0.352 e. The molecule has 3 nitrogen and oxygen atoms in total. The van der Waals surface area contributed by atoms with Gasteiger partial charge < -0.3 is 11.1 Å². The average Bonchev–Trinajstić information content (AvgIpc) is 2.27. The van der Waals surface area contributed by atoms with Crippen molar-refractivity contribution < 1.29 is 4.79 Å². The van der Waals surface area contributed by atoms with Crippen LogP contribution in [0.4, 0.5) is 0 Å². The number of carbonyl (C=O) groups excluding carboxylic acids is 1. The molecule has 0 fully saturated rings. The van der Waals surface area contributed by atoms with E-state index >= 15 is 0 Å². The molecule has 1 aromatic rings. The summed E-state index contributed by atoms with van der Waals surface area (Å²) >= 11 is 1.53. The summed E-state index contributed by atoms with van der Waals surface area (Å²) in [4.78, 5) is 12.5. The van der Waals surface area contributed by atoms with Gasteiger partial charge in [0.1, 0.15) is 0 Å². The maximum absolute atomic E-state index is 11.4. The van der Waals surface area contributed by atoms with Crippen LogP contribution < -0.4 is 11.1 Å². The lowest BCUT2D eigenvalue weighted by Gasteiger charge is -2.10.